The minimum Gasteiger partial charge on any atom is -0.478 e. The molecule has 4 nitrogen and oxygen atoms in total. The van der Waals surface area contributed by atoms with Gasteiger partial charge in [0.25, 0.3) is 0 Å². The van der Waals surface area contributed by atoms with Crippen LogP contribution in [0.2, 0.25) is 0 Å². The molecular formula is C18H25NO3. The number of carbonyl (C=O) groups is 1. The van der Waals surface area contributed by atoms with Crippen molar-refractivity contribution >= 4 is 5.97 Å². The maximum Gasteiger partial charge on any atom is 0.335 e. The molecule has 120 valence electrons. The Hall–Kier alpha value is -1.39. The van der Waals surface area contributed by atoms with E-state index in [1.54, 1.807) is 18.2 Å². The lowest BCUT2D eigenvalue weighted by Crippen LogP contribution is -2.34. The van der Waals surface area contributed by atoms with Crippen LogP contribution in [0.25, 0.3) is 0 Å². The van der Waals surface area contributed by atoms with Crippen LogP contribution in [-0.2, 0) is 11.3 Å². The first-order valence-corrected chi connectivity index (χ1v) is 8.38. The van der Waals surface area contributed by atoms with E-state index in [4.69, 9.17) is 9.84 Å². The predicted octanol–water partition coefficient (Wildman–Crippen LogP) is 3.36. The van der Waals surface area contributed by atoms with Gasteiger partial charge >= 0.3 is 5.97 Å². The van der Waals surface area contributed by atoms with Gasteiger partial charge < -0.3 is 15.2 Å². The number of hydrogen-bond donors (Lipinski definition) is 2. The molecule has 0 radical (unpaired) electrons. The highest BCUT2D eigenvalue weighted by Gasteiger charge is 2.40. The van der Waals surface area contributed by atoms with Gasteiger partial charge in [-0.1, -0.05) is 31.4 Å². The Bertz CT molecular complexity index is 523. The molecule has 1 aromatic rings. The second-order valence-corrected chi connectivity index (χ2v) is 6.66. The smallest absolute Gasteiger partial charge is 0.335 e. The standard InChI is InChI=1S/C18H25NO3/c20-17(21)15-6-4-5-14(11-15)12-19-13-16-7-10-18(22-16)8-2-1-3-9-18/h4-6,11,16,19H,1-3,7-10,12-13H2,(H,20,21). The third-order valence-corrected chi connectivity index (χ3v) is 4.98. The number of ether oxygens (including phenoxy) is 1. The minimum atomic E-state index is -0.875. The quantitative estimate of drug-likeness (QED) is 0.875. The van der Waals surface area contributed by atoms with E-state index in [1.165, 1.54) is 38.5 Å². The summed E-state index contributed by atoms with van der Waals surface area (Å²) >= 11 is 0. The predicted molar refractivity (Wildman–Crippen MR) is 85.0 cm³/mol. The second kappa shape index (κ2) is 6.80. The molecule has 0 aromatic heterocycles. The maximum absolute atomic E-state index is 11.0. The third-order valence-electron chi connectivity index (χ3n) is 4.98. The fourth-order valence-corrected chi connectivity index (χ4v) is 3.79. The van der Waals surface area contributed by atoms with Crippen LogP contribution < -0.4 is 5.32 Å². The van der Waals surface area contributed by atoms with Gasteiger partial charge in [-0.3, -0.25) is 0 Å². The first-order chi connectivity index (χ1) is 10.7. The van der Waals surface area contributed by atoms with Crippen molar-refractivity contribution in [2.24, 2.45) is 0 Å². The molecule has 1 aliphatic carbocycles. The monoisotopic (exact) mass is 303 g/mol. The zero-order valence-electron chi connectivity index (χ0n) is 13.0. The topological polar surface area (TPSA) is 58.6 Å². The lowest BCUT2D eigenvalue weighted by atomic mass is 9.83. The van der Waals surface area contributed by atoms with Crippen molar-refractivity contribution in [2.45, 2.75) is 63.2 Å². The number of carboxylic acids is 1. The first-order valence-electron chi connectivity index (χ1n) is 8.38. The highest BCUT2D eigenvalue weighted by atomic mass is 16.5. The molecule has 2 aliphatic rings. The van der Waals surface area contributed by atoms with E-state index in [2.05, 4.69) is 5.32 Å². The molecule has 2 N–H and O–H groups in total. The summed E-state index contributed by atoms with van der Waals surface area (Å²) in [5.74, 6) is -0.875. The van der Waals surface area contributed by atoms with Crippen LogP contribution in [0.5, 0.6) is 0 Å². The fraction of sp³-hybridized carbons (Fsp3) is 0.611. The third kappa shape index (κ3) is 3.68. The Labute approximate surface area is 131 Å². The largest absolute Gasteiger partial charge is 0.478 e. The zero-order valence-corrected chi connectivity index (χ0v) is 13.0. The summed E-state index contributed by atoms with van der Waals surface area (Å²) in [4.78, 5) is 11.0. The van der Waals surface area contributed by atoms with Crippen molar-refractivity contribution in [3.8, 4) is 0 Å². The van der Waals surface area contributed by atoms with E-state index in [1.807, 2.05) is 6.07 Å². The van der Waals surface area contributed by atoms with Crippen LogP contribution in [0.3, 0.4) is 0 Å². The number of carboxylic acid groups (broad SMARTS) is 1. The van der Waals surface area contributed by atoms with Crippen molar-refractivity contribution in [1.29, 1.82) is 0 Å². The van der Waals surface area contributed by atoms with Gasteiger partial charge in [0.2, 0.25) is 0 Å². The molecule has 1 saturated heterocycles. The lowest BCUT2D eigenvalue weighted by molar-refractivity contribution is -0.0624. The van der Waals surface area contributed by atoms with Gasteiger partial charge in [0, 0.05) is 13.1 Å². The van der Waals surface area contributed by atoms with E-state index in [0.29, 0.717) is 18.2 Å². The number of hydrogen-bond acceptors (Lipinski definition) is 3. The molecule has 2 fully saturated rings. The number of nitrogens with one attached hydrogen (secondary N) is 1. The van der Waals surface area contributed by atoms with Gasteiger partial charge in [0.15, 0.2) is 0 Å². The molecule has 1 saturated carbocycles. The Morgan fingerprint density at radius 3 is 2.86 bits per heavy atom. The average Bonchev–Trinajstić information content (AvgIpc) is 2.91. The van der Waals surface area contributed by atoms with Gasteiger partial charge in [-0.05, 0) is 43.4 Å². The van der Waals surface area contributed by atoms with Crippen LogP contribution in [0, 0.1) is 0 Å². The molecule has 1 aromatic carbocycles. The van der Waals surface area contributed by atoms with Crippen LogP contribution in [-0.4, -0.2) is 29.3 Å². The van der Waals surface area contributed by atoms with E-state index >= 15 is 0 Å². The Morgan fingerprint density at radius 2 is 2.09 bits per heavy atom. The Balaban J connectivity index is 1.46. The molecule has 0 bridgehead atoms. The van der Waals surface area contributed by atoms with Crippen molar-refractivity contribution < 1.29 is 14.6 Å². The van der Waals surface area contributed by atoms with Gasteiger partial charge in [-0.25, -0.2) is 4.79 Å². The summed E-state index contributed by atoms with van der Waals surface area (Å²) in [6.07, 6.45) is 9.07. The van der Waals surface area contributed by atoms with E-state index in [-0.39, 0.29) is 5.60 Å². The molecule has 22 heavy (non-hydrogen) atoms. The van der Waals surface area contributed by atoms with E-state index < -0.39 is 5.97 Å². The summed E-state index contributed by atoms with van der Waals surface area (Å²) in [6, 6.07) is 7.10. The van der Waals surface area contributed by atoms with E-state index in [0.717, 1.165) is 18.5 Å². The molecule has 1 aliphatic heterocycles. The van der Waals surface area contributed by atoms with Gasteiger partial charge in [0.05, 0.1) is 17.3 Å². The zero-order chi connectivity index (χ0) is 15.4. The van der Waals surface area contributed by atoms with Crippen LogP contribution >= 0.6 is 0 Å². The van der Waals surface area contributed by atoms with Crippen LogP contribution in [0.1, 0.15) is 60.9 Å². The summed E-state index contributed by atoms with van der Waals surface area (Å²) < 4.78 is 6.33. The molecule has 1 atom stereocenters. The van der Waals surface area contributed by atoms with Crippen LogP contribution in [0.4, 0.5) is 0 Å². The fourth-order valence-electron chi connectivity index (χ4n) is 3.79. The average molecular weight is 303 g/mol. The van der Waals surface area contributed by atoms with Gasteiger partial charge in [0.1, 0.15) is 0 Å². The number of aromatic carboxylic acids is 1. The molecule has 1 unspecified atom stereocenters. The van der Waals surface area contributed by atoms with Gasteiger partial charge in [-0.15, -0.1) is 0 Å². The molecule has 1 spiro atoms. The summed E-state index contributed by atoms with van der Waals surface area (Å²) in [6.45, 7) is 1.53. The summed E-state index contributed by atoms with van der Waals surface area (Å²) in [5, 5.41) is 12.4. The molecule has 4 heteroatoms. The molecule has 3 rings (SSSR count). The Kier molecular flexibility index (Phi) is 4.79. The molecule has 1 heterocycles. The molecular weight excluding hydrogens is 278 g/mol. The molecule has 0 amide bonds. The van der Waals surface area contributed by atoms with Crippen LogP contribution in [0.15, 0.2) is 24.3 Å². The number of benzene rings is 1. The maximum atomic E-state index is 11.0. The second-order valence-electron chi connectivity index (χ2n) is 6.66. The van der Waals surface area contributed by atoms with E-state index in [9.17, 15) is 4.79 Å². The van der Waals surface area contributed by atoms with Crippen molar-refractivity contribution in [3.05, 3.63) is 35.4 Å². The van der Waals surface area contributed by atoms with Gasteiger partial charge in [-0.2, -0.15) is 0 Å². The normalized spacial score (nSPS) is 23.7. The van der Waals surface area contributed by atoms with Crippen molar-refractivity contribution in [3.63, 3.8) is 0 Å². The first kappa shape index (κ1) is 15.5. The number of rotatable bonds is 5. The minimum absolute atomic E-state index is 0.174. The summed E-state index contributed by atoms with van der Waals surface area (Å²) in [7, 11) is 0. The highest BCUT2D eigenvalue weighted by Crippen LogP contribution is 2.41. The lowest BCUT2D eigenvalue weighted by Gasteiger charge is -2.33. The highest BCUT2D eigenvalue weighted by molar-refractivity contribution is 5.87. The SMILES string of the molecule is O=C(O)c1cccc(CNCC2CCC3(CCCCC3)O2)c1. The Morgan fingerprint density at radius 1 is 1.27 bits per heavy atom. The van der Waals surface area contributed by atoms with Crippen molar-refractivity contribution in [1.82, 2.24) is 5.32 Å². The summed E-state index contributed by atoms with van der Waals surface area (Å²) in [5.41, 5.74) is 1.52. The van der Waals surface area contributed by atoms with Crippen molar-refractivity contribution in [2.75, 3.05) is 6.54 Å².